The molecule has 0 unspecified atom stereocenters. The molecule has 0 fully saturated rings. The number of hydrogen-bond acceptors (Lipinski definition) is 9. The molecule has 0 aromatic heterocycles. The van der Waals surface area contributed by atoms with Crippen LogP contribution in [0.3, 0.4) is 0 Å². The molecule has 19 aromatic carbocycles. The second kappa shape index (κ2) is 29.7. The lowest BCUT2D eigenvalue weighted by molar-refractivity contribution is 1.21. The molecule has 588 valence electrons. The molecule has 0 saturated heterocycles. The lowest BCUT2D eigenvalue weighted by atomic mass is 9.29. The van der Waals surface area contributed by atoms with E-state index in [2.05, 4.69) is 517 Å². The molecule has 0 atom stereocenters. The molecule has 0 spiro atoms. The standard InChI is InChI=1S/C114H78B3N9/c1-13-41-79(42-14-1)118(80-43-15-2-16-44-80)91-69-106-112-108(71-91)123(87-57-29-9-30-58-87)102-77-104-98(75-96(102)115(112)94-65-37-39-67-100(94)121(106)85-53-25-7-26-54-85)117-99-76-97-103(78-105(99)126(90-63-35-12-36-64-90)111-74-93(73-110(114(111)117)125(104)89-61-33-11-34-62-89)120(83-49-21-5-22-50-83)84-51-23-6-24-52-84)124(88-59-31-10-32-60-88)109-72-92(119(81-45-17-3-18-46-81)82-47-19-4-20-48-82)70-107-113(109)116(97)95-66-38-40-68-101(95)122(107)86-55-27-8-28-56-86/h1-78H. The van der Waals surface area contributed by atoms with Crippen molar-refractivity contribution in [3.63, 3.8) is 0 Å². The first-order valence-electron chi connectivity index (χ1n) is 43.5. The fourth-order valence-electron chi connectivity index (χ4n) is 21.2. The molecule has 6 heterocycles. The van der Waals surface area contributed by atoms with Crippen LogP contribution in [-0.2, 0) is 0 Å². The van der Waals surface area contributed by atoms with Crippen LogP contribution in [0.25, 0.3) is 0 Å². The molecule has 0 aliphatic carbocycles. The van der Waals surface area contributed by atoms with E-state index in [0.29, 0.717) is 0 Å². The van der Waals surface area contributed by atoms with Crippen LogP contribution in [0.2, 0.25) is 0 Å². The summed E-state index contributed by atoms with van der Waals surface area (Å²) in [6.07, 6.45) is 0. The minimum Gasteiger partial charge on any atom is -0.311 e. The topological polar surface area (TPSA) is 29.2 Å². The van der Waals surface area contributed by atoms with Crippen molar-refractivity contribution in [1.29, 1.82) is 0 Å². The summed E-state index contributed by atoms with van der Waals surface area (Å²) in [5.41, 5.74) is 39.9. The third-order valence-electron chi connectivity index (χ3n) is 26.2. The predicted octanol–water partition coefficient (Wildman–Crippen LogP) is 24.3. The van der Waals surface area contributed by atoms with Crippen molar-refractivity contribution in [1.82, 2.24) is 0 Å². The summed E-state index contributed by atoms with van der Waals surface area (Å²) in [6, 6.07) is 176. The van der Waals surface area contributed by atoms with Crippen LogP contribution < -0.4 is 93.3 Å². The van der Waals surface area contributed by atoms with Gasteiger partial charge in [-0.05, 0) is 255 Å². The molecule has 0 radical (unpaired) electrons. The summed E-state index contributed by atoms with van der Waals surface area (Å²) in [6.45, 7) is -0.916. The van der Waals surface area contributed by atoms with Crippen LogP contribution in [0.4, 0.5) is 154 Å². The van der Waals surface area contributed by atoms with Gasteiger partial charge in [0.25, 0.3) is 20.1 Å². The molecule has 0 amide bonds. The van der Waals surface area contributed by atoms with Crippen molar-refractivity contribution < 1.29 is 0 Å². The highest BCUT2D eigenvalue weighted by Crippen LogP contribution is 2.56. The fourth-order valence-corrected chi connectivity index (χ4v) is 21.2. The maximum absolute atomic E-state index is 2.69. The van der Waals surface area contributed by atoms with E-state index in [1.807, 2.05) is 0 Å². The molecular weight excluding hydrogens is 1530 g/mol. The number of hydrogen-bond donors (Lipinski definition) is 0. The van der Waals surface area contributed by atoms with Gasteiger partial charge in [0, 0.05) is 136 Å². The number of benzene rings is 19. The van der Waals surface area contributed by atoms with E-state index in [0.717, 1.165) is 154 Å². The van der Waals surface area contributed by atoms with Crippen molar-refractivity contribution in [2.24, 2.45) is 0 Å². The molecular formula is C114H78B3N9. The van der Waals surface area contributed by atoms with Crippen LogP contribution in [0.15, 0.2) is 473 Å². The summed E-state index contributed by atoms with van der Waals surface area (Å²) in [5.74, 6) is 0. The van der Waals surface area contributed by atoms with E-state index < -0.39 is 0 Å². The summed E-state index contributed by atoms with van der Waals surface area (Å²) in [7, 11) is 0. The third-order valence-corrected chi connectivity index (χ3v) is 26.2. The minimum absolute atomic E-state index is 0.265. The molecule has 6 aliphatic heterocycles. The Hall–Kier alpha value is -16.4. The number of rotatable bonds is 15. The zero-order valence-corrected chi connectivity index (χ0v) is 68.8. The lowest BCUT2D eigenvalue weighted by Crippen LogP contribution is -2.66. The first-order valence-corrected chi connectivity index (χ1v) is 43.5. The Labute approximate surface area is 735 Å². The van der Waals surface area contributed by atoms with Crippen molar-refractivity contribution in [3.05, 3.63) is 473 Å². The Bertz CT molecular complexity index is 6870. The lowest BCUT2D eigenvalue weighted by Gasteiger charge is -2.49. The minimum atomic E-state index is -0.386. The first-order chi connectivity index (χ1) is 62.6. The summed E-state index contributed by atoms with van der Waals surface area (Å²) in [4.78, 5) is 22.8. The van der Waals surface area contributed by atoms with Crippen LogP contribution >= 0.6 is 0 Å². The van der Waals surface area contributed by atoms with Crippen LogP contribution in [0, 0.1) is 0 Å². The van der Waals surface area contributed by atoms with Gasteiger partial charge in [-0.1, -0.05) is 267 Å². The summed E-state index contributed by atoms with van der Waals surface area (Å²) >= 11 is 0. The Morgan fingerprint density at radius 3 is 0.500 bits per heavy atom. The molecule has 0 bridgehead atoms. The normalized spacial score (nSPS) is 13.1. The van der Waals surface area contributed by atoms with E-state index in [9.17, 15) is 0 Å². The van der Waals surface area contributed by atoms with Crippen molar-refractivity contribution >= 4 is 223 Å². The Morgan fingerprint density at radius 2 is 0.294 bits per heavy atom. The molecule has 0 saturated carbocycles. The summed E-state index contributed by atoms with van der Waals surface area (Å²) < 4.78 is 0. The van der Waals surface area contributed by atoms with Gasteiger partial charge in [-0.2, -0.15) is 0 Å². The number of para-hydroxylation sites is 14. The molecule has 6 aliphatic rings. The molecule has 25 rings (SSSR count). The quantitative estimate of drug-likeness (QED) is 0.0931. The van der Waals surface area contributed by atoms with Gasteiger partial charge in [0.15, 0.2) is 0 Å². The SMILES string of the molecule is c1ccc(N(c2ccccc2)c2cc3c4c(c2)N(c2ccccc2)c2cc5c(cc2B4c2ccccc2N3c2ccccc2)B2c3cc4c(cc3N(c3ccccc3)c3cc(N(c6ccccc6)c6ccccc6)cc(c32)N5c2ccccc2)N(c2ccccc2)c2cc(N(c3ccccc3)c3ccccc3)cc3c2B4c2ccccc2N3c2ccccc2)cc1. The summed E-state index contributed by atoms with van der Waals surface area (Å²) in [5, 5.41) is 0. The maximum Gasteiger partial charge on any atom is 0.252 e. The molecule has 9 nitrogen and oxygen atoms in total. The van der Waals surface area contributed by atoms with Gasteiger partial charge in [0.05, 0.1) is 17.1 Å². The van der Waals surface area contributed by atoms with E-state index in [-0.39, 0.29) is 20.1 Å². The van der Waals surface area contributed by atoms with Gasteiger partial charge in [-0.15, -0.1) is 0 Å². The molecule has 0 N–H and O–H groups in total. The number of fused-ring (bicyclic) bond motifs is 12. The van der Waals surface area contributed by atoms with Crippen LogP contribution in [0.1, 0.15) is 0 Å². The van der Waals surface area contributed by atoms with Crippen molar-refractivity contribution in [2.45, 2.75) is 0 Å². The van der Waals surface area contributed by atoms with Gasteiger partial charge in [-0.25, -0.2) is 0 Å². The molecule has 126 heavy (non-hydrogen) atoms. The highest BCUT2D eigenvalue weighted by atomic mass is 15.3. The van der Waals surface area contributed by atoms with Crippen molar-refractivity contribution in [3.8, 4) is 0 Å². The monoisotopic (exact) mass is 1610 g/mol. The first kappa shape index (κ1) is 72.4. The molecule has 19 aromatic rings. The fraction of sp³-hybridized carbons (Fsp3) is 0. The maximum atomic E-state index is 2.69. The third kappa shape index (κ3) is 11.5. The van der Waals surface area contributed by atoms with E-state index in [1.165, 1.54) is 49.2 Å². The smallest absolute Gasteiger partial charge is 0.252 e. The zero-order valence-electron chi connectivity index (χ0n) is 68.8. The highest BCUT2D eigenvalue weighted by molar-refractivity contribution is 7.04. The van der Waals surface area contributed by atoms with Gasteiger partial charge in [0.1, 0.15) is 0 Å². The Morgan fingerprint density at radius 1 is 0.127 bits per heavy atom. The van der Waals surface area contributed by atoms with Gasteiger partial charge < -0.3 is 44.1 Å². The second-order valence-corrected chi connectivity index (χ2v) is 33.1. The second-order valence-electron chi connectivity index (χ2n) is 33.1. The average Bonchev–Trinajstić information content (AvgIpc) is 0.676. The Balaban J connectivity index is 0.821. The van der Waals surface area contributed by atoms with Gasteiger partial charge >= 0.3 is 0 Å². The van der Waals surface area contributed by atoms with E-state index in [1.54, 1.807) is 0 Å². The zero-order chi connectivity index (χ0) is 82.9. The number of nitrogens with zero attached hydrogens (tertiary/aromatic N) is 9. The van der Waals surface area contributed by atoms with Gasteiger partial charge in [-0.3, -0.25) is 0 Å². The van der Waals surface area contributed by atoms with E-state index >= 15 is 0 Å². The van der Waals surface area contributed by atoms with Crippen LogP contribution in [0.5, 0.6) is 0 Å². The average molecular weight is 1610 g/mol. The van der Waals surface area contributed by atoms with Gasteiger partial charge in [0.2, 0.25) is 0 Å². The van der Waals surface area contributed by atoms with E-state index in [4.69, 9.17) is 0 Å². The highest BCUT2D eigenvalue weighted by Gasteiger charge is 2.52. The largest absolute Gasteiger partial charge is 0.311 e. The van der Waals surface area contributed by atoms with Crippen LogP contribution in [-0.4, -0.2) is 20.1 Å². The number of anilines is 27. The Kier molecular flexibility index (Phi) is 17.1. The molecule has 12 heteroatoms. The van der Waals surface area contributed by atoms with Crippen molar-refractivity contribution in [2.75, 3.05) is 44.1 Å². The predicted molar refractivity (Wildman–Crippen MR) is 533 cm³/mol.